The molecule has 1 amide bonds. The first-order chi connectivity index (χ1) is 14.6. The van der Waals surface area contributed by atoms with Crippen LogP contribution in [0, 0.1) is 0 Å². The first-order valence-electron chi connectivity index (χ1n) is 9.75. The van der Waals surface area contributed by atoms with Gasteiger partial charge in [-0.25, -0.2) is 4.98 Å². The Balaban J connectivity index is 1.45. The predicted molar refractivity (Wildman–Crippen MR) is 112 cm³/mol. The Hall–Kier alpha value is -2.81. The van der Waals surface area contributed by atoms with Gasteiger partial charge in [-0.15, -0.1) is 0 Å². The highest BCUT2D eigenvalue weighted by Crippen LogP contribution is 2.09. The van der Waals surface area contributed by atoms with Gasteiger partial charge in [0.05, 0.1) is 31.5 Å². The number of fused-ring (bicyclic) bond motifs is 1. The summed E-state index contributed by atoms with van der Waals surface area (Å²) in [5, 5.41) is 3.46. The van der Waals surface area contributed by atoms with Crippen LogP contribution in [0.4, 0.5) is 0 Å². The molecule has 0 aliphatic carbocycles. The summed E-state index contributed by atoms with van der Waals surface area (Å²) >= 11 is 5.87. The molecule has 30 heavy (non-hydrogen) atoms. The van der Waals surface area contributed by atoms with Crippen LogP contribution in [-0.2, 0) is 29.0 Å². The minimum absolute atomic E-state index is 0.0382. The molecule has 8 nitrogen and oxygen atoms in total. The third-order valence-corrected chi connectivity index (χ3v) is 5.21. The van der Waals surface area contributed by atoms with Crippen molar-refractivity contribution in [1.82, 2.24) is 24.6 Å². The van der Waals surface area contributed by atoms with Crippen molar-refractivity contribution in [3.8, 4) is 0 Å². The predicted octanol–water partition coefficient (Wildman–Crippen LogP) is 1.43. The average Bonchev–Trinajstić information content (AvgIpc) is 2.76. The van der Waals surface area contributed by atoms with E-state index in [0.717, 1.165) is 24.3 Å². The Labute approximate surface area is 178 Å². The number of nitrogens with one attached hydrogen (secondary N) is 1. The smallest absolute Gasteiger partial charge is 0.261 e. The van der Waals surface area contributed by atoms with Gasteiger partial charge in [0, 0.05) is 49.2 Å². The molecule has 0 radical (unpaired) electrons. The van der Waals surface area contributed by atoms with Crippen molar-refractivity contribution in [3.05, 3.63) is 75.1 Å². The molecular formula is C21H22ClN5O3. The molecule has 0 spiro atoms. The maximum atomic E-state index is 12.9. The third kappa shape index (κ3) is 5.02. The SMILES string of the molecule is O=C(Cc1cnc2cnc(CN3CCOCC3)cn2c1=O)NCc1ccc(Cl)cc1. The largest absolute Gasteiger partial charge is 0.379 e. The van der Waals surface area contributed by atoms with Crippen molar-refractivity contribution in [2.75, 3.05) is 26.3 Å². The number of amides is 1. The van der Waals surface area contributed by atoms with Gasteiger partial charge in [-0.2, -0.15) is 0 Å². The zero-order valence-corrected chi connectivity index (χ0v) is 17.1. The number of rotatable bonds is 6. The first-order valence-corrected chi connectivity index (χ1v) is 10.1. The molecule has 1 aromatic carbocycles. The standard InChI is InChI=1S/C21H22ClN5O3/c22-17-3-1-15(2-4-17)10-25-20(28)9-16-11-24-19-12-23-18(14-27(19)21(16)29)13-26-5-7-30-8-6-26/h1-4,11-12,14H,5-10,13H2,(H,25,28). The topological polar surface area (TPSA) is 88.8 Å². The summed E-state index contributed by atoms with van der Waals surface area (Å²) in [6.45, 7) is 4.07. The Morgan fingerprint density at radius 3 is 2.67 bits per heavy atom. The van der Waals surface area contributed by atoms with Crippen molar-refractivity contribution in [1.29, 1.82) is 0 Å². The lowest BCUT2D eigenvalue weighted by atomic mass is 10.2. The molecule has 0 unspecified atom stereocenters. The van der Waals surface area contributed by atoms with Gasteiger partial charge in [-0.3, -0.25) is 23.9 Å². The number of hydrogen-bond acceptors (Lipinski definition) is 6. The Bertz CT molecular complexity index is 1090. The molecule has 1 aliphatic rings. The zero-order chi connectivity index (χ0) is 20.9. The van der Waals surface area contributed by atoms with E-state index in [9.17, 15) is 9.59 Å². The van der Waals surface area contributed by atoms with E-state index in [1.165, 1.54) is 10.6 Å². The van der Waals surface area contributed by atoms with E-state index >= 15 is 0 Å². The number of benzene rings is 1. The van der Waals surface area contributed by atoms with Crippen LogP contribution in [0.1, 0.15) is 16.8 Å². The number of halogens is 1. The van der Waals surface area contributed by atoms with Crippen molar-refractivity contribution >= 4 is 23.2 Å². The number of hydrogen-bond donors (Lipinski definition) is 1. The highest BCUT2D eigenvalue weighted by atomic mass is 35.5. The highest BCUT2D eigenvalue weighted by Gasteiger charge is 2.14. The summed E-state index contributed by atoms with van der Waals surface area (Å²) in [5.74, 6) is -0.244. The molecular weight excluding hydrogens is 406 g/mol. The summed E-state index contributed by atoms with van der Waals surface area (Å²) in [6.07, 6.45) is 4.70. The maximum Gasteiger partial charge on any atom is 0.261 e. The van der Waals surface area contributed by atoms with Crippen LogP contribution in [0.3, 0.4) is 0 Å². The van der Waals surface area contributed by atoms with Gasteiger partial charge in [-0.1, -0.05) is 23.7 Å². The molecule has 1 fully saturated rings. The van der Waals surface area contributed by atoms with E-state index in [-0.39, 0.29) is 17.9 Å². The van der Waals surface area contributed by atoms with Gasteiger partial charge in [0.15, 0.2) is 5.65 Å². The van der Waals surface area contributed by atoms with E-state index in [4.69, 9.17) is 16.3 Å². The number of carbonyl (C=O) groups is 1. The summed E-state index contributed by atoms with van der Waals surface area (Å²) < 4.78 is 6.82. The minimum atomic E-state index is -0.257. The fourth-order valence-corrected chi connectivity index (χ4v) is 3.42. The molecule has 0 saturated carbocycles. The van der Waals surface area contributed by atoms with Crippen molar-refractivity contribution in [2.24, 2.45) is 0 Å². The minimum Gasteiger partial charge on any atom is -0.379 e. The number of aromatic nitrogens is 3. The number of carbonyl (C=O) groups excluding carboxylic acids is 1. The van der Waals surface area contributed by atoms with Crippen LogP contribution in [0.5, 0.6) is 0 Å². The normalized spacial score (nSPS) is 14.7. The van der Waals surface area contributed by atoms with E-state index in [1.54, 1.807) is 24.5 Å². The second-order valence-corrected chi connectivity index (χ2v) is 7.60. The van der Waals surface area contributed by atoms with E-state index < -0.39 is 0 Å². The highest BCUT2D eigenvalue weighted by molar-refractivity contribution is 6.30. The molecule has 1 aliphatic heterocycles. The van der Waals surface area contributed by atoms with Gasteiger partial charge in [0.2, 0.25) is 5.91 Å². The Morgan fingerprint density at radius 2 is 1.90 bits per heavy atom. The molecule has 0 atom stereocenters. The number of morpholine rings is 1. The monoisotopic (exact) mass is 427 g/mol. The van der Waals surface area contributed by atoms with Crippen LogP contribution < -0.4 is 10.9 Å². The van der Waals surface area contributed by atoms with Crippen LogP contribution in [0.15, 0.2) is 47.7 Å². The van der Waals surface area contributed by atoms with Crippen LogP contribution in [-0.4, -0.2) is 51.5 Å². The fraction of sp³-hybridized carbons (Fsp3) is 0.333. The lowest BCUT2D eigenvalue weighted by Crippen LogP contribution is -2.36. The summed E-state index contributed by atoms with van der Waals surface area (Å²) in [7, 11) is 0. The first kappa shape index (κ1) is 20.5. The van der Waals surface area contributed by atoms with Gasteiger partial charge in [0.1, 0.15) is 0 Å². The second kappa shape index (κ2) is 9.34. The average molecular weight is 428 g/mol. The lowest BCUT2D eigenvalue weighted by molar-refractivity contribution is -0.120. The van der Waals surface area contributed by atoms with Crippen LogP contribution >= 0.6 is 11.6 Å². The quantitative estimate of drug-likeness (QED) is 0.640. The molecule has 9 heteroatoms. The van der Waals surface area contributed by atoms with Crippen molar-refractivity contribution < 1.29 is 9.53 Å². The maximum absolute atomic E-state index is 12.9. The molecule has 1 saturated heterocycles. The second-order valence-electron chi connectivity index (χ2n) is 7.16. The fourth-order valence-electron chi connectivity index (χ4n) is 3.29. The van der Waals surface area contributed by atoms with E-state index in [0.29, 0.717) is 42.5 Å². The van der Waals surface area contributed by atoms with Gasteiger partial charge < -0.3 is 10.1 Å². The molecule has 2 aromatic heterocycles. The Morgan fingerprint density at radius 1 is 1.13 bits per heavy atom. The summed E-state index contributed by atoms with van der Waals surface area (Å²) in [6, 6.07) is 7.23. The summed E-state index contributed by atoms with van der Waals surface area (Å²) in [4.78, 5) is 36.1. The molecule has 4 rings (SSSR count). The number of nitrogens with zero attached hydrogens (tertiary/aromatic N) is 4. The summed E-state index contributed by atoms with van der Waals surface area (Å²) in [5.41, 5.74) is 2.24. The van der Waals surface area contributed by atoms with Gasteiger partial charge >= 0.3 is 0 Å². The van der Waals surface area contributed by atoms with Crippen molar-refractivity contribution in [2.45, 2.75) is 19.5 Å². The molecule has 3 aromatic rings. The third-order valence-electron chi connectivity index (χ3n) is 4.96. The zero-order valence-electron chi connectivity index (χ0n) is 16.4. The lowest BCUT2D eigenvalue weighted by Gasteiger charge is -2.26. The molecule has 156 valence electrons. The molecule has 1 N–H and O–H groups in total. The van der Waals surface area contributed by atoms with Gasteiger partial charge in [0.25, 0.3) is 5.56 Å². The van der Waals surface area contributed by atoms with E-state index in [2.05, 4.69) is 20.2 Å². The van der Waals surface area contributed by atoms with E-state index in [1.807, 2.05) is 12.1 Å². The number of ether oxygens (including phenoxy) is 1. The van der Waals surface area contributed by atoms with Gasteiger partial charge in [-0.05, 0) is 17.7 Å². The molecule has 3 heterocycles. The Kier molecular flexibility index (Phi) is 6.37. The van der Waals surface area contributed by atoms with Crippen LogP contribution in [0.2, 0.25) is 5.02 Å². The molecule has 0 bridgehead atoms. The van der Waals surface area contributed by atoms with Crippen molar-refractivity contribution in [3.63, 3.8) is 0 Å². The van der Waals surface area contributed by atoms with Crippen LogP contribution in [0.25, 0.3) is 5.65 Å².